The minimum Gasteiger partial charge on any atom is -0.483 e. The number of aliphatic hydroxyl groups excluding tert-OH is 1. The number of nitrogens with zero attached hydrogens (tertiary/aromatic N) is 4. The first kappa shape index (κ1) is 22.8. The molecule has 1 aromatic heterocycles. The monoisotopic (exact) mass is 402 g/mol. The molecule has 0 saturated carbocycles. The molecule has 1 amide bonds. The summed E-state index contributed by atoms with van der Waals surface area (Å²) in [4.78, 5) is 39.9. The molecule has 11 heteroatoms. The summed E-state index contributed by atoms with van der Waals surface area (Å²) >= 11 is 1.63. The van der Waals surface area contributed by atoms with Gasteiger partial charge in [-0.25, -0.2) is 4.98 Å². The molecular weight excluding hydrogens is 376 g/mol. The normalized spacial score (nSPS) is 22.6. The van der Waals surface area contributed by atoms with E-state index < -0.39 is 6.10 Å². The first-order valence-electron chi connectivity index (χ1n) is 8.44. The Bertz CT molecular complexity index is 559. The number of carbonyl (C=O) groups is 3. The zero-order valence-electron chi connectivity index (χ0n) is 15.2. The molecule has 0 spiro atoms. The number of amides is 1. The maximum atomic E-state index is 12.6. The second-order valence-corrected chi connectivity index (χ2v) is 6.94. The Morgan fingerprint density at radius 3 is 2.30 bits per heavy atom. The van der Waals surface area contributed by atoms with E-state index >= 15 is 0 Å². The van der Waals surface area contributed by atoms with Crippen molar-refractivity contribution in [3.63, 3.8) is 0 Å². The number of carboxylic acid groups (broad SMARTS) is 2. The highest BCUT2D eigenvalue weighted by Gasteiger charge is 2.35. The van der Waals surface area contributed by atoms with E-state index in [2.05, 4.69) is 14.8 Å². The van der Waals surface area contributed by atoms with Crippen molar-refractivity contribution in [2.75, 3.05) is 51.2 Å². The van der Waals surface area contributed by atoms with Crippen LogP contribution in [0.3, 0.4) is 0 Å². The van der Waals surface area contributed by atoms with Crippen molar-refractivity contribution in [2.45, 2.75) is 12.5 Å². The molecule has 0 bridgehead atoms. The summed E-state index contributed by atoms with van der Waals surface area (Å²) < 4.78 is 0. The van der Waals surface area contributed by atoms with Crippen molar-refractivity contribution in [3.05, 3.63) is 11.6 Å². The Balaban J connectivity index is 0.000000540. The summed E-state index contributed by atoms with van der Waals surface area (Å²) in [6.45, 7) is 4.09. The quantitative estimate of drug-likeness (QED) is 0.560. The van der Waals surface area contributed by atoms with E-state index in [1.54, 1.807) is 11.3 Å². The molecule has 0 aromatic carbocycles. The fraction of sp³-hybridized carbons (Fsp3) is 0.625. The van der Waals surface area contributed by atoms with Crippen LogP contribution >= 0.6 is 11.3 Å². The van der Waals surface area contributed by atoms with Crippen molar-refractivity contribution in [2.24, 2.45) is 5.92 Å². The third-order valence-corrected chi connectivity index (χ3v) is 5.21. The molecule has 0 radical (unpaired) electrons. The summed E-state index contributed by atoms with van der Waals surface area (Å²) in [5.41, 5.74) is 0. The zero-order valence-corrected chi connectivity index (χ0v) is 16.0. The van der Waals surface area contributed by atoms with Gasteiger partial charge in [-0.2, -0.15) is 0 Å². The van der Waals surface area contributed by atoms with Crippen LogP contribution in [0.5, 0.6) is 0 Å². The predicted molar refractivity (Wildman–Crippen MR) is 99.9 cm³/mol. The van der Waals surface area contributed by atoms with Crippen molar-refractivity contribution in [3.8, 4) is 0 Å². The van der Waals surface area contributed by atoms with Gasteiger partial charge in [-0.1, -0.05) is 0 Å². The summed E-state index contributed by atoms with van der Waals surface area (Å²) in [6.07, 6.45) is 2.00. The van der Waals surface area contributed by atoms with E-state index in [-0.39, 0.29) is 24.8 Å². The van der Waals surface area contributed by atoms with Gasteiger partial charge in [-0.3, -0.25) is 14.4 Å². The molecule has 3 rings (SSSR count). The largest absolute Gasteiger partial charge is 0.483 e. The SMILES string of the molecule is CN1CC[C@H](O)[C@H](C(=O)N2CCN(c3nccs3)CC2)C1.O=CO.O=CO. The number of hydrogen-bond acceptors (Lipinski definition) is 8. The van der Waals surface area contributed by atoms with Crippen molar-refractivity contribution in [1.29, 1.82) is 0 Å². The first-order valence-corrected chi connectivity index (χ1v) is 9.32. The number of thiazole rings is 1. The number of piperazine rings is 1. The van der Waals surface area contributed by atoms with Crippen LogP contribution in [0.25, 0.3) is 0 Å². The fourth-order valence-electron chi connectivity index (χ4n) is 3.07. The molecule has 0 aliphatic carbocycles. The molecular formula is C16H26N4O6S. The van der Waals surface area contributed by atoms with E-state index in [0.29, 0.717) is 26.1 Å². The molecule has 152 valence electrons. The van der Waals surface area contributed by atoms with Gasteiger partial charge in [0.15, 0.2) is 5.13 Å². The zero-order chi connectivity index (χ0) is 20.2. The standard InChI is InChI=1S/C14H22N4O2S.2CH2O2/c1-16-4-2-12(19)11(10-16)13(20)17-5-7-18(8-6-17)14-15-3-9-21-14;2*2-1-3/h3,9,11-12,19H,2,4-8,10H2,1H3;2*1H,(H,2,3)/t11-,12+;;/m1../s1. The minimum atomic E-state index is -0.495. The van der Waals surface area contributed by atoms with Gasteiger partial charge in [0.25, 0.3) is 12.9 Å². The van der Waals surface area contributed by atoms with Crippen LogP contribution in [0.1, 0.15) is 6.42 Å². The van der Waals surface area contributed by atoms with Gasteiger partial charge >= 0.3 is 0 Å². The number of aromatic nitrogens is 1. The first-order chi connectivity index (χ1) is 13.0. The Hall–Kier alpha value is -2.24. The minimum absolute atomic E-state index is 0.104. The van der Waals surface area contributed by atoms with Crippen molar-refractivity contribution < 1.29 is 29.7 Å². The van der Waals surface area contributed by atoms with Crippen LogP contribution in [0.2, 0.25) is 0 Å². The van der Waals surface area contributed by atoms with E-state index in [1.807, 2.05) is 23.5 Å². The highest BCUT2D eigenvalue weighted by molar-refractivity contribution is 7.13. The number of piperidine rings is 1. The molecule has 2 atom stereocenters. The summed E-state index contributed by atoms with van der Waals surface area (Å²) in [7, 11) is 2.01. The van der Waals surface area contributed by atoms with Crippen LogP contribution in [0.4, 0.5) is 5.13 Å². The molecule has 2 saturated heterocycles. The smallest absolute Gasteiger partial charge is 0.290 e. The van der Waals surface area contributed by atoms with Gasteiger partial charge in [-0.05, 0) is 13.5 Å². The second kappa shape index (κ2) is 12.2. The average molecular weight is 402 g/mol. The molecule has 2 fully saturated rings. The Morgan fingerprint density at radius 1 is 1.19 bits per heavy atom. The molecule has 27 heavy (non-hydrogen) atoms. The van der Waals surface area contributed by atoms with E-state index in [1.165, 1.54) is 0 Å². The van der Waals surface area contributed by atoms with E-state index in [9.17, 15) is 9.90 Å². The number of aliphatic hydroxyl groups is 1. The summed E-state index contributed by atoms with van der Waals surface area (Å²) in [6, 6.07) is 0. The van der Waals surface area contributed by atoms with Crippen molar-refractivity contribution >= 4 is 35.3 Å². The number of carbonyl (C=O) groups excluding carboxylic acids is 1. The lowest BCUT2D eigenvalue weighted by Crippen LogP contribution is -2.55. The van der Waals surface area contributed by atoms with Gasteiger partial charge in [-0.15, -0.1) is 11.3 Å². The highest BCUT2D eigenvalue weighted by atomic mass is 32.1. The molecule has 10 nitrogen and oxygen atoms in total. The lowest BCUT2D eigenvalue weighted by atomic mass is 9.93. The van der Waals surface area contributed by atoms with Crippen molar-refractivity contribution in [1.82, 2.24) is 14.8 Å². The van der Waals surface area contributed by atoms with E-state index in [0.717, 1.165) is 24.8 Å². The fourth-order valence-corrected chi connectivity index (χ4v) is 3.77. The Labute approximate surface area is 161 Å². The van der Waals surface area contributed by atoms with Crippen LogP contribution in [-0.2, 0) is 14.4 Å². The highest BCUT2D eigenvalue weighted by Crippen LogP contribution is 2.22. The van der Waals surface area contributed by atoms with Crippen LogP contribution < -0.4 is 4.90 Å². The molecule has 2 aliphatic heterocycles. The average Bonchev–Trinajstić information content (AvgIpc) is 3.19. The van der Waals surface area contributed by atoms with Gasteiger partial charge in [0, 0.05) is 50.8 Å². The third kappa shape index (κ3) is 7.12. The van der Waals surface area contributed by atoms with Crippen LogP contribution in [0, 0.1) is 5.92 Å². The molecule has 3 heterocycles. The topological polar surface area (TPSA) is 135 Å². The van der Waals surface area contributed by atoms with Crippen LogP contribution in [-0.4, -0.2) is 101 Å². The third-order valence-electron chi connectivity index (χ3n) is 4.38. The maximum Gasteiger partial charge on any atom is 0.290 e. The number of likely N-dealkylation sites (tertiary alicyclic amines) is 1. The van der Waals surface area contributed by atoms with Crippen LogP contribution in [0.15, 0.2) is 11.6 Å². The summed E-state index contributed by atoms with van der Waals surface area (Å²) in [5, 5.41) is 26.9. The second-order valence-electron chi connectivity index (χ2n) is 6.06. The van der Waals surface area contributed by atoms with Gasteiger partial charge in [0.2, 0.25) is 5.91 Å². The number of rotatable bonds is 2. The Kier molecular flexibility index (Phi) is 10.3. The lowest BCUT2D eigenvalue weighted by Gasteiger charge is -2.39. The summed E-state index contributed by atoms with van der Waals surface area (Å²) in [5.74, 6) is -0.164. The molecule has 3 N–H and O–H groups in total. The molecule has 2 aliphatic rings. The Morgan fingerprint density at radius 2 is 1.78 bits per heavy atom. The lowest BCUT2D eigenvalue weighted by molar-refractivity contribution is -0.142. The van der Waals surface area contributed by atoms with Gasteiger partial charge in [0.1, 0.15) is 0 Å². The predicted octanol–water partition coefficient (Wildman–Crippen LogP) is -0.494. The number of anilines is 1. The number of hydrogen-bond donors (Lipinski definition) is 3. The molecule has 0 unspecified atom stereocenters. The molecule has 1 aromatic rings. The van der Waals surface area contributed by atoms with Gasteiger partial charge < -0.3 is 30.0 Å². The maximum absolute atomic E-state index is 12.6. The van der Waals surface area contributed by atoms with Gasteiger partial charge in [0.05, 0.1) is 12.0 Å². The van der Waals surface area contributed by atoms with E-state index in [4.69, 9.17) is 19.8 Å².